The number of rotatable bonds is 4. The fraction of sp³-hybridized carbons (Fsp3) is 0.429. The van der Waals surface area contributed by atoms with E-state index in [0.29, 0.717) is 18.9 Å². The molecule has 2 N–H and O–H groups in total. The monoisotopic (exact) mass is 243 g/mol. The lowest BCUT2D eigenvalue weighted by molar-refractivity contribution is -0.116. The summed E-state index contributed by atoms with van der Waals surface area (Å²) in [5.41, 5.74) is 1.76. The molecule has 0 aliphatic carbocycles. The Hall–Kier alpha value is -1.86. The normalized spacial score (nSPS) is 18.3. The fourth-order valence-electron chi connectivity index (χ4n) is 2.16. The lowest BCUT2D eigenvalue weighted by atomic mass is 10.1. The fourth-order valence-corrected chi connectivity index (χ4v) is 2.16. The minimum absolute atomic E-state index is 0.0439. The Labute approximate surface area is 107 Å². The number of anilines is 1. The Bertz CT molecular complexity index is 441. The number of hydrogen-bond donors (Lipinski definition) is 2. The molecule has 1 heterocycles. The molecule has 0 aromatic heterocycles. The van der Waals surface area contributed by atoms with Crippen molar-refractivity contribution in [2.45, 2.75) is 31.7 Å². The predicted molar refractivity (Wildman–Crippen MR) is 70.0 cm³/mol. The van der Waals surface area contributed by atoms with Gasteiger partial charge >= 0.3 is 0 Å². The van der Waals surface area contributed by atoms with Gasteiger partial charge < -0.3 is 10.6 Å². The summed E-state index contributed by atoms with van der Waals surface area (Å²) in [7, 11) is 0. The summed E-state index contributed by atoms with van der Waals surface area (Å²) >= 11 is 0. The molecule has 0 bridgehead atoms. The van der Waals surface area contributed by atoms with Gasteiger partial charge in [0.15, 0.2) is 0 Å². The number of hydrogen-bond acceptors (Lipinski definition) is 3. The van der Waals surface area contributed by atoms with Crippen molar-refractivity contribution in [3.05, 3.63) is 29.8 Å². The molecule has 0 radical (unpaired) electrons. The summed E-state index contributed by atoms with van der Waals surface area (Å²) < 4.78 is 0. The molecule has 1 atom stereocenters. The summed E-state index contributed by atoms with van der Waals surface area (Å²) in [6, 6.07) is 9.83. The van der Waals surface area contributed by atoms with Gasteiger partial charge in [0.1, 0.15) is 0 Å². The molecule has 18 heavy (non-hydrogen) atoms. The van der Waals surface area contributed by atoms with E-state index in [-0.39, 0.29) is 5.91 Å². The van der Waals surface area contributed by atoms with E-state index < -0.39 is 0 Å². The maximum Gasteiger partial charge on any atom is 0.225 e. The zero-order valence-corrected chi connectivity index (χ0v) is 10.3. The van der Waals surface area contributed by atoms with E-state index in [4.69, 9.17) is 5.26 Å². The van der Waals surface area contributed by atoms with Gasteiger partial charge in [-0.1, -0.05) is 12.1 Å². The lowest BCUT2D eigenvalue weighted by Gasteiger charge is -2.10. The van der Waals surface area contributed by atoms with Crippen molar-refractivity contribution in [2.75, 3.05) is 11.9 Å². The van der Waals surface area contributed by atoms with Gasteiger partial charge in [-0.25, -0.2) is 0 Å². The molecule has 1 fully saturated rings. The van der Waals surface area contributed by atoms with Crippen LogP contribution in [0.5, 0.6) is 0 Å². The lowest BCUT2D eigenvalue weighted by Crippen LogP contribution is -2.27. The molecule has 94 valence electrons. The van der Waals surface area contributed by atoms with Crippen LogP contribution in [0.25, 0.3) is 0 Å². The number of nitriles is 1. The average Bonchev–Trinajstić information content (AvgIpc) is 2.84. The van der Waals surface area contributed by atoms with Crippen LogP contribution in [0.15, 0.2) is 24.3 Å². The molecule has 1 aliphatic rings. The Morgan fingerprint density at radius 2 is 2.22 bits per heavy atom. The first kappa shape index (κ1) is 12.6. The van der Waals surface area contributed by atoms with Crippen molar-refractivity contribution in [1.82, 2.24) is 5.32 Å². The van der Waals surface area contributed by atoms with Gasteiger partial charge in [0.05, 0.1) is 12.5 Å². The van der Waals surface area contributed by atoms with Gasteiger partial charge in [0.2, 0.25) is 5.91 Å². The second kappa shape index (κ2) is 6.18. The second-order valence-electron chi connectivity index (χ2n) is 4.58. The number of nitrogens with zero attached hydrogens (tertiary/aromatic N) is 1. The number of carbonyl (C=O) groups excluding carboxylic acids is 1. The van der Waals surface area contributed by atoms with E-state index in [1.807, 2.05) is 24.3 Å². The molecule has 1 aromatic carbocycles. The van der Waals surface area contributed by atoms with E-state index in [1.54, 1.807) is 0 Å². The van der Waals surface area contributed by atoms with Crippen molar-refractivity contribution in [3.63, 3.8) is 0 Å². The summed E-state index contributed by atoms with van der Waals surface area (Å²) in [4.78, 5) is 11.8. The maximum atomic E-state index is 11.8. The van der Waals surface area contributed by atoms with Crippen molar-refractivity contribution in [3.8, 4) is 6.07 Å². The summed E-state index contributed by atoms with van der Waals surface area (Å²) in [6.45, 7) is 1.01. The quantitative estimate of drug-likeness (QED) is 0.848. The molecule has 1 unspecified atom stereocenters. The third-order valence-electron chi connectivity index (χ3n) is 3.12. The van der Waals surface area contributed by atoms with Crippen LogP contribution in [0.4, 0.5) is 5.69 Å². The Morgan fingerprint density at radius 1 is 1.44 bits per heavy atom. The largest absolute Gasteiger partial charge is 0.326 e. The Morgan fingerprint density at radius 3 is 2.83 bits per heavy atom. The Kier molecular flexibility index (Phi) is 4.32. The number of carbonyl (C=O) groups is 1. The highest BCUT2D eigenvalue weighted by atomic mass is 16.1. The SMILES string of the molecule is N#CCc1ccc(NC(=O)CC2CCCN2)cc1. The minimum Gasteiger partial charge on any atom is -0.326 e. The molecule has 4 heteroatoms. The van der Waals surface area contributed by atoms with Gasteiger partial charge in [-0.2, -0.15) is 5.26 Å². The number of amides is 1. The Balaban J connectivity index is 1.84. The van der Waals surface area contributed by atoms with Crippen LogP contribution in [0.3, 0.4) is 0 Å². The third-order valence-corrected chi connectivity index (χ3v) is 3.12. The van der Waals surface area contributed by atoms with Gasteiger partial charge in [0.25, 0.3) is 0 Å². The molecule has 4 nitrogen and oxygen atoms in total. The molecular formula is C14H17N3O. The van der Waals surface area contributed by atoms with Gasteiger partial charge in [-0.15, -0.1) is 0 Å². The van der Waals surface area contributed by atoms with Gasteiger partial charge in [-0.05, 0) is 37.1 Å². The van der Waals surface area contributed by atoms with Crippen LogP contribution >= 0.6 is 0 Å². The molecule has 0 spiro atoms. The second-order valence-corrected chi connectivity index (χ2v) is 4.58. The predicted octanol–water partition coefficient (Wildman–Crippen LogP) is 1.83. The van der Waals surface area contributed by atoms with Crippen LogP contribution < -0.4 is 10.6 Å². The topological polar surface area (TPSA) is 64.9 Å². The first-order valence-corrected chi connectivity index (χ1v) is 6.27. The smallest absolute Gasteiger partial charge is 0.225 e. The maximum absolute atomic E-state index is 11.8. The molecule has 0 saturated carbocycles. The standard InChI is InChI=1S/C14H17N3O/c15-8-7-11-3-5-12(6-4-11)17-14(18)10-13-2-1-9-16-13/h3-6,13,16H,1-2,7,9-10H2,(H,17,18). The van der Waals surface area contributed by atoms with E-state index in [2.05, 4.69) is 16.7 Å². The van der Waals surface area contributed by atoms with Crippen LogP contribution in [-0.4, -0.2) is 18.5 Å². The van der Waals surface area contributed by atoms with E-state index in [1.165, 1.54) is 0 Å². The van der Waals surface area contributed by atoms with E-state index in [0.717, 1.165) is 30.6 Å². The number of nitrogens with one attached hydrogen (secondary N) is 2. The first-order chi connectivity index (χ1) is 8.78. The summed E-state index contributed by atoms with van der Waals surface area (Å²) in [6.07, 6.45) is 3.16. The van der Waals surface area contributed by atoms with Gasteiger partial charge in [-0.3, -0.25) is 4.79 Å². The van der Waals surface area contributed by atoms with Gasteiger partial charge in [0, 0.05) is 18.2 Å². The van der Waals surface area contributed by atoms with Crippen LogP contribution in [-0.2, 0) is 11.2 Å². The molecular weight excluding hydrogens is 226 g/mol. The van der Waals surface area contributed by atoms with Crippen molar-refractivity contribution in [2.24, 2.45) is 0 Å². The highest BCUT2D eigenvalue weighted by Crippen LogP contribution is 2.13. The summed E-state index contributed by atoms with van der Waals surface area (Å²) in [5, 5.41) is 14.7. The summed E-state index contributed by atoms with van der Waals surface area (Å²) in [5.74, 6) is 0.0439. The molecule has 1 amide bonds. The molecule has 1 aliphatic heterocycles. The highest BCUT2D eigenvalue weighted by Gasteiger charge is 2.17. The zero-order chi connectivity index (χ0) is 12.8. The van der Waals surface area contributed by atoms with Crippen LogP contribution in [0.2, 0.25) is 0 Å². The number of benzene rings is 1. The van der Waals surface area contributed by atoms with Crippen molar-refractivity contribution >= 4 is 11.6 Å². The molecule has 1 saturated heterocycles. The van der Waals surface area contributed by atoms with Crippen molar-refractivity contribution < 1.29 is 4.79 Å². The zero-order valence-electron chi connectivity index (χ0n) is 10.3. The van der Waals surface area contributed by atoms with Crippen LogP contribution in [0, 0.1) is 11.3 Å². The molecule has 1 aromatic rings. The molecule has 2 rings (SSSR count). The van der Waals surface area contributed by atoms with E-state index >= 15 is 0 Å². The first-order valence-electron chi connectivity index (χ1n) is 6.27. The third kappa shape index (κ3) is 3.57. The van der Waals surface area contributed by atoms with Crippen molar-refractivity contribution in [1.29, 1.82) is 5.26 Å². The van der Waals surface area contributed by atoms with Crippen LogP contribution in [0.1, 0.15) is 24.8 Å². The minimum atomic E-state index is 0.0439. The van der Waals surface area contributed by atoms with E-state index in [9.17, 15) is 4.79 Å². The average molecular weight is 243 g/mol. The highest BCUT2D eigenvalue weighted by molar-refractivity contribution is 5.91.